The van der Waals surface area contributed by atoms with Gasteiger partial charge < -0.3 is 36.8 Å². The Morgan fingerprint density at radius 1 is 0.969 bits per heavy atom. The SMILES string of the molecule is CC(NC(=O)C(N)CS)C(=O)NC(Cc1cnc[nH]1)C(=O)NC(Cc1cnc[nH]1)C(=O)O. The number of thiol groups is 1. The van der Waals surface area contributed by atoms with E-state index < -0.39 is 47.9 Å². The standard InChI is InChI=1S/C18H26N8O5S/c1-9(24-16(28)12(19)6-32)15(27)25-13(2-10-4-20-7-22-10)17(29)26-14(18(30)31)3-11-5-21-8-23-11/h4-5,7-9,12-14,32H,2-3,6,19H2,1H3,(H,20,22)(H,21,23)(H,24,28)(H,25,27)(H,26,29)(H,30,31). The van der Waals surface area contributed by atoms with Gasteiger partial charge >= 0.3 is 5.97 Å². The minimum Gasteiger partial charge on any atom is -0.480 e. The minimum absolute atomic E-state index is 0.0186. The van der Waals surface area contributed by atoms with Crippen LogP contribution in [0.3, 0.4) is 0 Å². The number of H-pyrrole nitrogens is 2. The first-order chi connectivity index (χ1) is 15.2. The second kappa shape index (κ2) is 11.9. The van der Waals surface area contributed by atoms with Crippen molar-refractivity contribution in [3.8, 4) is 0 Å². The number of aromatic amines is 2. The number of hydrogen-bond acceptors (Lipinski definition) is 8. The second-order valence-corrected chi connectivity index (χ2v) is 7.41. The molecular formula is C18H26N8O5S. The number of carboxylic acids is 1. The van der Waals surface area contributed by atoms with Gasteiger partial charge in [-0.15, -0.1) is 0 Å². The summed E-state index contributed by atoms with van der Waals surface area (Å²) in [5.74, 6) is -3.09. The van der Waals surface area contributed by atoms with E-state index in [1.807, 2.05) is 0 Å². The quantitative estimate of drug-likeness (QED) is 0.160. The Kier molecular flexibility index (Phi) is 9.22. The highest BCUT2D eigenvalue weighted by Gasteiger charge is 2.29. The van der Waals surface area contributed by atoms with Crippen LogP contribution in [0, 0.1) is 0 Å². The van der Waals surface area contributed by atoms with E-state index in [9.17, 15) is 24.3 Å². The van der Waals surface area contributed by atoms with Gasteiger partial charge in [-0.25, -0.2) is 14.8 Å². The first-order valence-electron chi connectivity index (χ1n) is 9.66. The number of aliphatic carboxylic acids is 1. The largest absolute Gasteiger partial charge is 0.480 e. The maximum atomic E-state index is 12.9. The van der Waals surface area contributed by atoms with Gasteiger partial charge in [0.1, 0.15) is 18.1 Å². The lowest BCUT2D eigenvalue weighted by Crippen LogP contribution is -2.57. The summed E-state index contributed by atoms with van der Waals surface area (Å²) in [4.78, 5) is 62.3. The summed E-state index contributed by atoms with van der Waals surface area (Å²) >= 11 is 3.94. The molecule has 0 radical (unpaired) electrons. The molecule has 174 valence electrons. The molecule has 0 saturated carbocycles. The number of carbonyl (C=O) groups excluding carboxylic acids is 3. The molecule has 0 aliphatic carbocycles. The van der Waals surface area contributed by atoms with Crippen molar-refractivity contribution in [2.45, 2.75) is 43.9 Å². The first-order valence-corrected chi connectivity index (χ1v) is 10.3. The molecule has 0 aliphatic heterocycles. The van der Waals surface area contributed by atoms with E-state index in [1.54, 1.807) is 0 Å². The van der Waals surface area contributed by atoms with Gasteiger partial charge in [0, 0.05) is 42.4 Å². The number of nitrogens with zero attached hydrogens (tertiary/aromatic N) is 2. The smallest absolute Gasteiger partial charge is 0.326 e. The molecule has 32 heavy (non-hydrogen) atoms. The third kappa shape index (κ3) is 7.39. The predicted molar refractivity (Wildman–Crippen MR) is 116 cm³/mol. The number of imidazole rings is 2. The van der Waals surface area contributed by atoms with Gasteiger partial charge in [-0.3, -0.25) is 14.4 Å². The van der Waals surface area contributed by atoms with E-state index in [1.165, 1.54) is 32.0 Å². The molecule has 0 bridgehead atoms. The van der Waals surface area contributed by atoms with Crippen LogP contribution in [-0.4, -0.2) is 78.7 Å². The van der Waals surface area contributed by atoms with Crippen LogP contribution >= 0.6 is 12.6 Å². The van der Waals surface area contributed by atoms with Gasteiger partial charge in [0.2, 0.25) is 17.7 Å². The van der Waals surface area contributed by atoms with Crippen LogP contribution in [0.15, 0.2) is 25.0 Å². The maximum Gasteiger partial charge on any atom is 0.326 e. The fourth-order valence-corrected chi connectivity index (χ4v) is 2.85. The number of nitrogens with two attached hydrogens (primary N) is 1. The van der Waals surface area contributed by atoms with Gasteiger partial charge in [0.25, 0.3) is 0 Å². The van der Waals surface area contributed by atoms with Crippen LogP contribution in [-0.2, 0) is 32.0 Å². The Hall–Kier alpha value is -3.39. The Labute approximate surface area is 188 Å². The average Bonchev–Trinajstić information content (AvgIpc) is 3.45. The molecule has 13 nitrogen and oxygen atoms in total. The summed E-state index contributed by atoms with van der Waals surface area (Å²) in [5, 5.41) is 16.9. The molecule has 0 aliphatic rings. The Morgan fingerprint density at radius 3 is 1.97 bits per heavy atom. The number of hydrogen-bond donors (Lipinski definition) is 8. The molecule has 2 aromatic rings. The summed E-state index contributed by atoms with van der Waals surface area (Å²) < 4.78 is 0. The molecular weight excluding hydrogens is 440 g/mol. The van der Waals surface area contributed by atoms with Crippen LogP contribution in [0.2, 0.25) is 0 Å². The average molecular weight is 467 g/mol. The summed E-state index contributed by atoms with van der Waals surface area (Å²) in [7, 11) is 0. The number of aromatic nitrogens is 4. The van der Waals surface area contributed by atoms with Crippen molar-refractivity contribution < 1.29 is 24.3 Å². The zero-order valence-electron chi connectivity index (χ0n) is 17.2. The predicted octanol–water partition coefficient (Wildman–Crippen LogP) is -2.27. The van der Waals surface area contributed by atoms with Crippen molar-refractivity contribution in [1.29, 1.82) is 0 Å². The summed E-state index contributed by atoms with van der Waals surface area (Å²) in [6, 6.07) is -4.28. The molecule has 2 rings (SSSR count). The molecule has 3 amide bonds. The fraction of sp³-hybridized carbons (Fsp3) is 0.444. The van der Waals surface area contributed by atoms with Gasteiger partial charge in [-0.2, -0.15) is 12.6 Å². The second-order valence-electron chi connectivity index (χ2n) is 7.04. The highest BCUT2D eigenvalue weighted by atomic mass is 32.1. The van der Waals surface area contributed by atoms with E-state index in [-0.39, 0.29) is 18.6 Å². The topological polar surface area (TPSA) is 208 Å². The summed E-state index contributed by atoms with van der Waals surface area (Å²) in [6.07, 6.45) is 5.72. The first kappa shape index (κ1) is 24.9. The Bertz CT molecular complexity index is 905. The van der Waals surface area contributed by atoms with Crippen molar-refractivity contribution in [3.63, 3.8) is 0 Å². The van der Waals surface area contributed by atoms with Crippen molar-refractivity contribution >= 4 is 36.3 Å². The van der Waals surface area contributed by atoms with Gasteiger partial charge in [0.05, 0.1) is 18.7 Å². The third-order valence-corrected chi connectivity index (χ3v) is 4.88. The molecule has 4 atom stereocenters. The molecule has 8 N–H and O–H groups in total. The van der Waals surface area contributed by atoms with E-state index in [4.69, 9.17) is 5.73 Å². The van der Waals surface area contributed by atoms with Crippen molar-refractivity contribution in [1.82, 2.24) is 35.9 Å². The van der Waals surface area contributed by atoms with Gasteiger partial charge in [0.15, 0.2) is 0 Å². The zero-order valence-corrected chi connectivity index (χ0v) is 18.1. The number of carboxylic acid groups (broad SMARTS) is 1. The third-order valence-electron chi connectivity index (χ3n) is 4.49. The maximum absolute atomic E-state index is 12.9. The lowest BCUT2D eigenvalue weighted by Gasteiger charge is -2.23. The minimum atomic E-state index is -1.25. The monoisotopic (exact) mass is 466 g/mol. The van der Waals surface area contributed by atoms with Crippen LogP contribution in [0.1, 0.15) is 18.3 Å². The number of rotatable bonds is 12. The van der Waals surface area contributed by atoms with Crippen molar-refractivity contribution in [2.75, 3.05) is 5.75 Å². The van der Waals surface area contributed by atoms with E-state index in [0.717, 1.165) is 0 Å². The van der Waals surface area contributed by atoms with Crippen LogP contribution < -0.4 is 21.7 Å². The normalized spacial score (nSPS) is 14.6. The summed E-state index contributed by atoms with van der Waals surface area (Å²) in [6.45, 7) is 1.43. The molecule has 4 unspecified atom stereocenters. The Morgan fingerprint density at radius 2 is 1.50 bits per heavy atom. The Balaban J connectivity index is 2.09. The lowest BCUT2D eigenvalue weighted by molar-refractivity contribution is -0.142. The molecule has 0 aromatic carbocycles. The molecule has 0 spiro atoms. The van der Waals surface area contributed by atoms with E-state index >= 15 is 0 Å². The van der Waals surface area contributed by atoms with Crippen LogP contribution in [0.5, 0.6) is 0 Å². The summed E-state index contributed by atoms with van der Waals surface area (Å²) in [5.41, 5.74) is 6.64. The van der Waals surface area contributed by atoms with Crippen LogP contribution in [0.25, 0.3) is 0 Å². The number of nitrogens with one attached hydrogen (secondary N) is 5. The highest BCUT2D eigenvalue weighted by Crippen LogP contribution is 2.04. The molecule has 0 saturated heterocycles. The molecule has 0 fully saturated rings. The van der Waals surface area contributed by atoms with Gasteiger partial charge in [-0.05, 0) is 6.92 Å². The lowest BCUT2D eigenvalue weighted by atomic mass is 10.1. The molecule has 2 heterocycles. The highest BCUT2D eigenvalue weighted by molar-refractivity contribution is 7.80. The molecule has 2 aromatic heterocycles. The number of amides is 3. The van der Waals surface area contributed by atoms with Crippen molar-refractivity contribution in [3.05, 3.63) is 36.4 Å². The van der Waals surface area contributed by atoms with Crippen molar-refractivity contribution in [2.24, 2.45) is 5.73 Å². The molecule has 14 heteroatoms. The van der Waals surface area contributed by atoms with Gasteiger partial charge in [-0.1, -0.05) is 0 Å². The van der Waals surface area contributed by atoms with E-state index in [2.05, 4.69) is 48.5 Å². The fourth-order valence-electron chi connectivity index (χ4n) is 2.68. The van der Waals surface area contributed by atoms with Crippen LogP contribution in [0.4, 0.5) is 0 Å². The zero-order chi connectivity index (χ0) is 23.7. The number of carbonyl (C=O) groups is 4. The van der Waals surface area contributed by atoms with E-state index in [0.29, 0.717) is 11.4 Å².